The van der Waals surface area contributed by atoms with Crippen LogP contribution in [-0.2, 0) is 19.1 Å². The summed E-state index contributed by atoms with van der Waals surface area (Å²) in [5.41, 5.74) is 0. The lowest BCUT2D eigenvalue weighted by molar-refractivity contribution is -0.147. The highest BCUT2D eigenvalue weighted by molar-refractivity contribution is 8.01. The lowest BCUT2D eigenvalue weighted by Gasteiger charge is -2.42. The van der Waals surface area contributed by atoms with E-state index < -0.39 is 0 Å². The summed E-state index contributed by atoms with van der Waals surface area (Å²) in [7, 11) is 1.69. The van der Waals surface area contributed by atoms with Crippen LogP contribution in [0.3, 0.4) is 0 Å². The molecule has 0 radical (unpaired) electrons. The Hall–Kier alpha value is -1.91. The topological polar surface area (TPSA) is 91.8 Å². The molecule has 174 valence electrons. The van der Waals surface area contributed by atoms with Gasteiger partial charge in [-0.3, -0.25) is 14.4 Å². The number of hydrogen-bond donors (Lipinski definition) is 1. The molecule has 10 heteroatoms. The number of aromatic nitrogens is 1. The Balaban J connectivity index is 1.43. The van der Waals surface area contributed by atoms with Gasteiger partial charge >= 0.3 is 0 Å². The van der Waals surface area contributed by atoms with Crippen LogP contribution in [0.25, 0.3) is 0 Å². The molecule has 32 heavy (non-hydrogen) atoms. The molecular formula is C22H30N4O4S2. The van der Waals surface area contributed by atoms with Gasteiger partial charge in [0.1, 0.15) is 0 Å². The van der Waals surface area contributed by atoms with Gasteiger partial charge in [0.25, 0.3) is 0 Å². The molecule has 4 rings (SSSR count). The maximum absolute atomic E-state index is 13.6. The van der Waals surface area contributed by atoms with Crippen molar-refractivity contribution in [1.82, 2.24) is 14.8 Å². The van der Waals surface area contributed by atoms with Crippen molar-refractivity contribution in [2.45, 2.75) is 60.8 Å². The first-order chi connectivity index (χ1) is 15.3. The van der Waals surface area contributed by atoms with Crippen molar-refractivity contribution in [3.05, 3.63) is 18.9 Å². The third-order valence-electron chi connectivity index (χ3n) is 6.81. The van der Waals surface area contributed by atoms with E-state index in [2.05, 4.69) is 23.8 Å². The van der Waals surface area contributed by atoms with Gasteiger partial charge in [0.15, 0.2) is 5.13 Å². The summed E-state index contributed by atoms with van der Waals surface area (Å²) in [6, 6.07) is 0.175. The van der Waals surface area contributed by atoms with Gasteiger partial charge in [-0.2, -0.15) is 0 Å². The largest absolute Gasteiger partial charge is 0.381 e. The quantitative estimate of drug-likeness (QED) is 0.632. The first-order valence-corrected chi connectivity index (χ1v) is 12.7. The molecule has 1 N–H and O–H groups in total. The Bertz CT molecular complexity index is 906. The normalized spacial score (nSPS) is 31.6. The zero-order chi connectivity index (χ0) is 23.0. The third-order valence-corrected chi connectivity index (χ3v) is 9.35. The van der Waals surface area contributed by atoms with Crippen molar-refractivity contribution in [3.8, 4) is 0 Å². The van der Waals surface area contributed by atoms with E-state index in [0.717, 1.165) is 23.5 Å². The van der Waals surface area contributed by atoms with E-state index in [1.165, 1.54) is 24.3 Å². The minimum atomic E-state index is -0.195. The number of carbonyl (C=O) groups excluding carboxylic acids is 3. The van der Waals surface area contributed by atoms with Crippen LogP contribution < -0.4 is 5.32 Å². The fourth-order valence-corrected chi connectivity index (χ4v) is 7.66. The Morgan fingerprint density at radius 2 is 1.97 bits per heavy atom. The summed E-state index contributed by atoms with van der Waals surface area (Å²) in [4.78, 5) is 45.0. The number of piperazine rings is 1. The van der Waals surface area contributed by atoms with Crippen LogP contribution in [0.4, 0.5) is 5.13 Å². The van der Waals surface area contributed by atoms with Crippen molar-refractivity contribution < 1.29 is 19.1 Å². The number of amides is 3. The standard InChI is InChI=1S/C22H30N4O4S2/c1-5-19(28)25-10-15-7-14(25)11-26(15)21(29)16-8-18(12(2)6-17(16)30-4)31-20-9-23-22(32-20)24-13(3)27/h5,9,12,14-18H,1,6-8,10-11H2,2-4H3,(H,23,24,27)/t12?,14-,15-,16?,17?,18?/m0/s1. The molecule has 1 aromatic rings. The predicted molar refractivity (Wildman–Crippen MR) is 125 cm³/mol. The fourth-order valence-electron chi connectivity index (χ4n) is 5.21. The maximum atomic E-state index is 13.6. The molecule has 1 aromatic heterocycles. The van der Waals surface area contributed by atoms with Crippen molar-refractivity contribution in [3.63, 3.8) is 0 Å². The van der Waals surface area contributed by atoms with Gasteiger partial charge < -0.3 is 19.9 Å². The van der Waals surface area contributed by atoms with E-state index in [1.54, 1.807) is 25.1 Å². The van der Waals surface area contributed by atoms with Crippen molar-refractivity contribution in [2.24, 2.45) is 11.8 Å². The van der Waals surface area contributed by atoms with Crippen molar-refractivity contribution in [2.75, 3.05) is 25.5 Å². The Morgan fingerprint density at radius 3 is 2.59 bits per heavy atom. The number of ether oxygens (including phenoxy) is 1. The lowest BCUT2D eigenvalue weighted by Crippen LogP contribution is -2.54. The number of rotatable bonds is 6. The van der Waals surface area contributed by atoms with Crippen molar-refractivity contribution in [1.29, 1.82) is 0 Å². The van der Waals surface area contributed by atoms with E-state index in [-0.39, 0.29) is 47.1 Å². The number of fused-ring (bicyclic) bond motifs is 2. The summed E-state index contributed by atoms with van der Waals surface area (Å²) < 4.78 is 6.80. The number of nitrogens with one attached hydrogen (secondary N) is 1. The fraction of sp³-hybridized carbons (Fsp3) is 0.636. The number of anilines is 1. The SMILES string of the molecule is C=CC(=O)N1C[C@@H]2C[C@H]1CN2C(=O)C1CC(Sc2cnc(NC(C)=O)s2)C(C)CC1OC. The first-order valence-electron chi connectivity index (χ1n) is 11.0. The first kappa shape index (κ1) is 23.3. The number of hydrogen-bond acceptors (Lipinski definition) is 7. The Kier molecular flexibility index (Phi) is 6.92. The van der Waals surface area contributed by atoms with Crippen LogP contribution in [0.5, 0.6) is 0 Å². The van der Waals surface area contributed by atoms with Gasteiger partial charge in [-0.15, -0.1) is 11.8 Å². The number of nitrogens with zero attached hydrogens (tertiary/aromatic N) is 3. The number of likely N-dealkylation sites (tertiary alicyclic amines) is 2. The molecule has 3 amide bonds. The number of methoxy groups -OCH3 is 1. The van der Waals surface area contributed by atoms with Gasteiger partial charge in [-0.1, -0.05) is 24.8 Å². The van der Waals surface area contributed by atoms with Gasteiger partial charge in [-0.25, -0.2) is 4.98 Å². The van der Waals surface area contributed by atoms with Crippen LogP contribution in [0, 0.1) is 11.8 Å². The highest BCUT2D eigenvalue weighted by Gasteiger charge is 2.50. The monoisotopic (exact) mass is 478 g/mol. The Morgan fingerprint density at radius 1 is 1.25 bits per heavy atom. The molecule has 1 aliphatic carbocycles. The highest BCUT2D eigenvalue weighted by Crippen LogP contribution is 2.44. The van der Waals surface area contributed by atoms with Crippen LogP contribution in [0.15, 0.2) is 23.1 Å². The molecule has 2 aliphatic heterocycles. The van der Waals surface area contributed by atoms with Crippen molar-refractivity contribution >= 4 is 46.0 Å². The van der Waals surface area contributed by atoms with Gasteiger partial charge in [0.2, 0.25) is 17.7 Å². The lowest BCUT2D eigenvalue weighted by atomic mass is 9.79. The minimum absolute atomic E-state index is 0.0505. The van der Waals surface area contributed by atoms with Gasteiger partial charge in [-0.05, 0) is 31.3 Å². The average molecular weight is 479 g/mol. The average Bonchev–Trinajstić information content (AvgIpc) is 3.49. The molecular weight excluding hydrogens is 448 g/mol. The Labute approximate surface area is 196 Å². The molecule has 3 fully saturated rings. The number of carbonyl (C=O) groups is 3. The molecule has 1 saturated carbocycles. The number of thioether (sulfide) groups is 1. The van der Waals surface area contributed by atoms with E-state index in [1.807, 2.05) is 9.80 Å². The second-order valence-corrected chi connectivity index (χ2v) is 11.5. The van der Waals surface area contributed by atoms with E-state index in [4.69, 9.17) is 4.74 Å². The van der Waals surface area contributed by atoms with Crippen LogP contribution in [0.1, 0.15) is 33.1 Å². The second kappa shape index (κ2) is 9.52. The third kappa shape index (κ3) is 4.58. The molecule has 0 aromatic carbocycles. The zero-order valence-corrected chi connectivity index (χ0v) is 20.3. The molecule has 8 nitrogen and oxygen atoms in total. The summed E-state index contributed by atoms with van der Waals surface area (Å²) in [5, 5.41) is 3.58. The summed E-state index contributed by atoms with van der Waals surface area (Å²) in [6.45, 7) is 8.45. The molecule has 0 spiro atoms. The summed E-state index contributed by atoms with van der Waals surface area (Å²) >= 11 is 3.19. The highest BCUT2D eigenvalue weighted by atomic mass is 32.2. The molecule has 3 heterocycles. The summed E-state index contributed by atoms with van der Waals surface area (Å²) in [6.07, 6.45) is 5.45. The van der Waals surface area contributed by atoms with Gasteiger partial charge in [0, 0.05) is 32.4 Å². The molecule has 2 saturated heterocycles. The van der Waals surface area contributed by atoms with Crippen LogP contribution >= 0.6 is 23.1 Å². The van der Waals surface area contributed by atoms with Crippen LogP contribution in [-0.4, -0.2) is 76.1 Å². The molecule has 2 bridgehead atoms. The zero-order valence-electron chi connectivity index (χ0n) is 18.7. The maximum Gasteiger partial charge on any atom is 0.246 e. The molecule has 6 atom stereocenters. The van der Waals surface area contributed by atoms with Crippen LogP contribution in [0.2, 0.25) is 0 Å². The van der Waals surface area contributed by atoms with Gasteiger partial charge in [0.05, 0.1) is 34.5 Å². The van der Waals surface area contributed by atoms with E-state index in [0.29, 0.717) is 24.1 Å². The minimum Gasteiger partial charge on any atom is -0.381 e. The van der Waals surface area contributed by atoms with E-state index in [9.17, 15) is 14.4 Å². The predicted octanol–water partition coefficient (Wildman–Crippen LogP) is 2.62. The molecule has 4 unspecified atom stereocenters. The molecule has 3 aliphatic rings. The second-order valence-electron chi connectivity index (χ2n) is 8.88. The smallest absolute Gasteiger partial charge is 0.246 e. The number of thiazole rings is 1. The van der Waals surface area contributed by atoms with E-state index >= 15 is 0 Å². The summed E-state index contributed by atoms with van der Waals surface area (Å²) in [5.74, 6) is 0.153.